The van der Waals surface area contributed by atoms with E-state index in [1.165, 1.54) is 25.7 Å². The first-order valence-corrected chi connectivity index (χ1v) is 6.53. The molecule has 0 amide bonds. The molecule has 1 heterocycles. The topological polar surface area (TPSA) is 9.23 Å². The predicted molar refractivity (Wildman–Crippen MR) is 69.1 cm³/mol. The van der Waals surface area contributed by atoms with Crippen LogP contribution in [0.15, 0.2) is 24.3 Å². The normalized spacial score (nSPS) is 28.6. The summed E-state index contributed by atoms with van der Waals surface area (Å²) in [7, 11) is 0. The lowest BCUT2D eigenvalue weighted by Gasteiger charge is -2.29. The molecule has 0 radical (unpaired) electrons. The second-order valence-corrected chi connectivity index (χ2v) is 5.26. The molecule has 0 N–H and O–H groups in total. The highest BCUT2D eigenvalue weighted by Crippen LogP contribution is 2.38. The zero-order valence-electron chi connectivity index (χ0n) is 9.32. The van der Waals surface area contributed by atoms with Gasteiger partial charge in [0.2, 0.25) is 0 Å². The average Bonchev–Trinajstić information content (AvgIpc) is 2.49. The molecule has 2 aliphatic rings. The van der Waals surface area contributed by atoms with Gasteiger partial charge in [-0.2, -0.15) is 0 Å². The van der Waals surface area contributed by atoms with E-state index in [-0.39, 0.29) is 0 Å². The Kier molecular flexibility index (Phi) is 2.68. The molecule has 1 fully saturated rings. The van der Waals surface area contributed by atoms with Crippen molar-refractivity contribution in [2.45, 2.75) is 25.7 Å². The number of fused-ring (bicyclic) bond motifs is 2. The van der Waals surface area contributed by atoms with E-state index in [1.807, 2.05) is 12.1 Å². The zero-order chi connectivity index (χ0) is 11.0. The van der Waals surface area contributed by atoms with Crippen LogP contribution < -0.4 is 4.74 Å². The molecule has 84 valence electrons. The molecule has 1 aliphatic carbocycles. The molecule has 1 nitrogen and oxygen atoms in total. The minimum absolute atomic E-state index is 0.576. The van der Waals surface area contributed by atoms with Gasteiger partial charge in [-0.25, -0.2) is 0 Å². The van der Waals surface area contributed by atoms with Crippen molar-refractivity contribution in [2.75, 3.05) is 6.61 Å². The summed E-state index contributed by atoms with van der Waals surface area (Å²) in [6.07, 6.45) is 5.19. The van der Waals surface area contributed by atoms with Crippen molar-refractivity contribution in [2.24, 2.45) is 11.8 Å². The van der Waals surface area contributed by atoms with Crippen molar-refractivity contribution in [1.82, 2.24) is 0 Å². The summed E-state index contributed by atoms with van der Waals surface area (Å²) >= 11 is 5.67. The molecule has 0 unspecified atom stereocenters. The van der Waals surface area contributed by atoms with E-state index < -0.39 is 0 Å². The van der Waals surface area contributed by atoms with Gasteiger partial charge in [-0.05, 0) is 18.9 Å². The Balaban J connectivity index is 1.99. The van der Waals surface area contributed by atoms with Gasteiger partial charge in [-0.15, -0.1) is 0 Å². The molecule has 1 aromatic carbocycles. The summed E-state index contributed by atoms with van der Waals surface area (Å²) in [4.78, 5) is 1.14. The Hall–Kier alpha value is -0.890. The lowest BCUT2D eigenvalue weighted by molar-refractivity contribution is 0.190. The maximum Gasteiger partial charge on any atom is 0.127 e. The van der Waals surface area contributed by atoms with Gasteiger partial charge in [0.25, 0.3) is 0 Å². The van der Waals surface area contributed by atoms with Crippen LogP contribution in [0.25, 0.3) is 0 Å². The molecule has 0 spiro atoms. The van der Waals surface area contributed by atoms with E-state index in [1.54, 1.807) is 0 Å². The molecule has 0 saturated heterocycles. The fourth-order valence-corrected chi connectivity index (χ4v) is 3.42. The number of para-hydroxylation sites is 1. The Morgan fingerprint density at radius 3 is 2.88 bits per heavy atom. The van der Waals surface area contributed by atoms with Gasteiger partial charge < -0.3 is 4.74 Å². The molecule has 2 atom stereocenters. The Morgan fingerprint density at radius 1 is 1.12 bits per heavy atom. The van der Waals surface area contributed by atoms with Gasteiger partial charge in [0.15, 0.2) is 0 Å². The zero-order valence-corrected chi connectivity index (χ0v) is 10.1. The van der Waals surface area contributed by atoms with Crippen LogP contribution in [0, 0.1) is 11.8 Å². The highest BCUT2D eigenvalue weighted by atomic mass is 32.1. The van der Waals surface area contributed by atoms with Crippen LogP contribution >= 0.6 is 12.2 Å². The lowest BCUT2D eigenvalue weighted by atomic mass is 9.77. The van der Waals surface area contributed by atoms with Crippen LogP contribution in [0.5, 0.6) is 5.75 Å². The fourth-order valence-electron chi connectivity index (χ4n) is 2.94. The first kappa shape index (κ1) is 10.3. The fraction of sp³-hybridized carbons (Fsp3) is 0.500. The monoisotopic (exact) mass is 232 g/mol. The van der Waals surface area contributed by atoms with Crippen molar-refractivity contribution < 1.29 is 4.74 Å². The summed E-state index contributed by atoms with van der Waals surface area (Å²) in [5.41, 5.74) is 1.16. The van der Waals surface area contributed by atoms with Gasteiger partial charge in [-0.3, -0.25) is 0 Å². The van der Waals surface area contributed by atoms with Gasteiger partial charge in [0.05, 0.1) is 6.61 Å². The van der Waals surface area contributed by atoms with E-state index in [2.05, 4.69) is 12.1 Å². The summed E-state index contributed by atoms with van der Waals surface area (Å²) in [5.74, 6) is 2.21. The molecule has 1 aromatic rings. The standard InChI is InChI=1S/C14H16OS/c16-14-11-6-2-1-5-10(11)9-15-13-8-4-3-7-12(13)14/h3-4,7-8,10-11H,1-2,5-6,9H2/t10-,11+/m0/s1. The minimum atomic E-state index is 0.576. The maximum atomic E-state index is 5.90. The van der Waals surface area contributed by atoms with Crippen molar-refractivity contribution in [1.29, 1.82) is 0 Å². The number of hydrogen-bond donors (Lipinski definition) is 0. The molecule has 0 bridgehead atoms. The first-order chi connectivity index (χ1) is 7.86. The average molecular weight is 232 g/mol. The molecule has 1 aliphatic heterocycles. The largest absolute Gasteiger partial charge is 0.493 e. The van der Waals surface area contributed by atoms with Gasteiger partial charge in [0, 0.05) is 22.3 Å². The molecular formula is C14H16OS. The van der Waals surface area contributed by atoms with Crippen LogP contribution in [-0.2, 0) is 0 Å². The highest BCUT2D eigenvalue weighted by molar-refractivity contribution is 7.80. The summed E-state index contributed by atoms with van der Waals surface area (Å²) in [6.45, 7) is 0.849. The molecule has 3 rings (SSSR count). The molecule has 1 saturated carbocycles. The Bertz CT molecular complexity index is 413. The number of benzene rings is 1. The molecule has 16 heavy (non-hydrogen) atoms. The third kappa shape index (κ3) is 1.65. The molecule has 0 aromatic heterocycles. The summed E-state index contributed by atoms with van der Waals surface area (Å²) in [6, 6.07) is 8.22. The third-order valence-corrected chi connectivity index (χ3v) is 4.37. The van der Waals surface area contributed by atoms with E-state index in [0.717, 1.165) is 22.8 Å². The van der Waals surface area contributed by atoms with Crippen LogP contribution in [0.3, 0.4) is 0 Å². The number of ether oxygens (including phenoxy) is 1. The van der Waals surface area contributed by atoms with E-state index >= 15 is 0 Å². The first-order valence-electron chi connectivity index (χ1n) is 6.12. The number of hydrogen-bond acceptors (Lipinski definition) is 2. The molecule has 2 heteroatoms. The lowest BCUT2D eigenvalue weighted by Crippen LogP contribution is -2.28. The van der Waals surface area contributed by atoms with Crippen molar-refractivity contribution in [3.63, 3.8) is 0 Å². The number of rotatable bonds is 0. The maximum absolute atomic E-state index is 5.90. The smallest absolute Gasteiger partial charge is 0.127 e. The van der Waals surface area contributed by atoms with Gasteiger partial charge in [0.1, 0.15) is 5.75 Å². The quantitative estimate of drug-likeness (QED) is 0.632. The second kappa shape index (κ2) is 4.17. The highest BCUT2D eigenvalue weighted by Gasteiger charge is 2.32. The van der Waals surface area contributed by atoms with Crippen LogP contribution in [-0.4, -0.2) is 11.5 Å². The van der Waals surface area contributed by atoms with E-state index in [9.17, 15) is 0 Å². The van der Waals surface area contributed by atoms with E-state index in [0.29, 0.717) is 11.8 Å². The van der Waals surface area contributed by atoms with Gasteiger partial charge >= 0.3 is 0 Å². The van der Waals surface area contributed by atoms with Crippen LogP contribution in [0.4, 0.5) is 0 Å². The summed E-state index contributed by atoms with van der Waals surface area (Å²) in [5, 5.41) is 0. The second-order valence-electron chi connectivity index (χ2n) is 4.82. The third-order valence-electron chi connectivity index (χ3n) is 3.85. The Labute approximate surface area is 102 Å². The van der Waals surface area contributed by atoms with Crippen LogP contribution in [0.1, 0.15) is 31.2 Å². The minimum Gasteiger partial charge on any atom is -0.493 e. The van der Waals surface area contributed by atoms with Crippen molar-refractivity contribution >= 4 is 17.1 Å². The van der Waals surface area contributed by atoms with Crippen LogP contribution in [0.2, 0.25) is 0 Å². The SMILES string of the molecule is S=C1c2ccccc2OC[C@@H]2CCCC[C@@H]12. The van der Waals surface area contributed by atoms with Crippen molar-refractivity contribution in [3.8, 4) is 5.75 Å². The summed E-state index contributed by atoms with van der Waals surface area (Å²) < 4.78 is 5.90. The predicted octanol–water partition coefficient (Wildman–Crippen LogP) is 3.60. The van der Waals surface area contributed by atoms with E-state index in [4.69, 9.17) is 17.0 Å². The van der Waals surface area contributed by atoms with Crippen molar-refractivity contribution in [3.05, 3.63) is 29.8 Å². The molecular weight excluding hydrogens is 216 g/mol. The Morgan fingerprint density at radius 2 is 1.94 bits per heavy atom. The van der Waals surface area contributed by atoms with Gasteiger partial charge in [-0.1, -0.05) is 43.3 Å². The number of thiocarbonyl (C=S) groups is 1.